The minimum atomic E-state index is -0.382. The van der Waals surface area contributed by atoms with Gasteiger partial charge in [0.15, 0.2) is 5.82 Å². The van der Waals surface area contributed by atoms with Gasteiger partial charge >= 0.3 is 0 Å². The topological polar surface area (TPSA) is 96.7 Å². The van der Waals surface area contributed by atoms with Gasteiger partial charge in [-0.05, 0) is 19.1 Å². The molecule has 1 amide bonds. The van der Waals surface area contributed by atoms with E-state index in [9.17, 15) is 4.79 Å². The van der Waals surface area contributed by atoms with Crippen LogP contribution in [0, 0.1) is 6.92 Å². The predicted molar refractivity (Wildman–Crippen MR) is 83.9 cm³/mol. The first-order chi connectivity index (χ1) is 11.0. The van der Waals surface area contributed by atoms with Crippen LogP contribution in [0.15, 0.2) is 34.9 Å². The van der Waals surface area contributed by atoms with Crippen LogP contribution < -0.4 is 5.32 Å². The number of rotatable bonds is 4. The fourth-order valence-corrected chi connectivity index (χ4v) is 2.31. The van der Waals surface area contributed by atoms with E-state index in [0.29, 0.717) is 28.1 Å². The van der Waals surface area contributed by atoms with Gasteiger partial charge in [-0.2, -0.15) is 10.1 Å². The lowest BCUT2D eigenvalue weighted by atomic mass is 10.1. The largest absolute Gasteiger partial charge is 0.341 e. The second-order valence-corrected chi connectivity index (χ2v) is 5.42. The number of hydrogen-bond acceptors (Lipinski definition) is 5. The van der Waals surface area contributed by atoms with Gasteiger partial charge in [-0.3, -0.25) is 9.89 Å². The maximum atomic E-state index is 12.3. The first kappa shape index (κ1) is 15.2. The Morgan fingerprint density at radius 2 is 2.17 bits per heavy atom. The average molecular weight is 332 g/mol. The molecule has 23 heavy (non-hydrogen) atoms. The van der Waals surface area contributed by atoms with E-state index in [-0.39, 0.29) is 11.9 Å². The summed E-state index contributed by atoms with van der Waals surface area (Å²) in [6.07, 6.45) is 0. The van der Waals surface area contributed by atoms with Crippen LogP contribution in [0.5, 0.6) is 0 Å². The number of halogens is 1. The number of aromatic nitrogens is 4. The Bertz CT molecular complexity index is 842. The summed E-state index contributed by atoms with van der Waals surface area (Å²) < 4.78 is 4.90. The summed E-state index contributed by atoms with van der Waals surface area (Å²) in [6, 6.07) is 8.56. The van der Waals surface area contributed by atoms with Gasteiger partial charge in [-0.25, -0.2) is 0 Å². The van der Waals surface area contributed by atoms with E-state index in [4.69, 9.17) is 16.1 Å². The number of amides is 1. The number of nitrogens with zero attached hydrogens (tertiary/aromatic N) is 3. The van der Waals surface area contributed by atoms with Crippen molar-refractivity contribution in [3.8, 4) is 11.3 Å². The monoisotopic (exact) mass is 331 g/mol. The Morgan fingerprint density at radius 1 is 1.39 bits per heavy atom. The number of aromatic amines is 1. The van der Waals surface area contributed by atoms with E-state index in [0.717, 1.165) is 5.56 Å². The molecule has 1 unspecified atom stereocenters. The van der Waals surface area contributed by atoms with E-state index in [1.54, 1.807) is 26.0 Å². The molecule has 0 radical (unpaired) electrons. The van der Waals surface area contributed by atoms with Gasteiger partial charge < -0.3 is 9.84 Å². The van der Waals surface area contributed by atoms with E-state index in [1.165, 1.54) is 0 Å². The van der Waals surface area contributed by atoms with Gasteiger partial charge in [0, 0.05) is 12.5 Å². The normalized spacial score (nSPS) is 12.1. The van der Waals surface area contributed by atoms with Crippen molar-refractivity contribution in [2.75, 3.05) is 0 Å². The summed E-state index contributed by atoms with van der Waals surface area (Å²) in [5.74, 6) is 0.552. The van der Waals surface area contributed by atoms with Gasteiger partial charge in [0.05, 0.1) is 16.8 Å². The molecular formula is C15H14ClN5O2. The highest BCUT2D eigenvalue weighted by atomic mass is 35.5. The zero-order valence-electron chi connectivity index (χ0n) is 12.5. The third-order valence-corrected chi connectivity index (χ3v) is 3.58. The van der Waals surface area contributed by atoms with Gasteiger partial charge in [0.2, 0.25) is 5.89 Å². The van der Waals surface area contributed by atoms with Crippen LogP contribution >= 0.6 is 11.6 Å². The van der Waals surface area contributed by atoms with Crippen LogP contribution in [0.4, 0.5) is 0 Å². The maximum Gasteiger partial charge on any atom is 0.269 e. The molecule has 0 aliphatic rings. The van der Waals surface area contributed by atoms with Crippen molar-refractivity contribution in [1.29, 1.82) is 0 Å². The molecule has 0 saturated carbocycles. The minimum Gasteiger partial charge on any atom is -0.341 e. The average Bonchev–Trinajstić information content (AvgIpc) is 3.16. The summed E-state index contributed by atoms with van der Waals surface area (Å²) in [7, 11) is 0. The van der Waals surface area contributed by atoms with Crippen LogP contribution in [-0.2, 0) is 0 Å². The van der Waals surface area contributed by atoms with Crippen molar-refractivity contribution in [3.05, 3.63) is 52.8 Å². The quantitative estimate of drug-likeness (QED) is 0.766. The lowest BCUT2D eigenvalue weighted by molar-refractivity contribution is 0.0933. The molecule has 8 heteroatoms. The van der Waals surface area contributed by atoms with Crippen molar-refractivity contribution < 1.29 is 9.32 Å². The highest BCUT2D eigenvalue weighted by molar-refractivity contribution is 6.33. The number of H-pyrrole nitrogens is 1. The van der Waals surface area contributed by atoms with E-state index >= 15 is 0 Å². The highest BCUT2D eigenvalue weighted by Gasteiger charge is 2.18. The van der Waals surface area contributed by atoms with Crippen LogP contribution in [0.1, 0.15) is 35.2 Å². The maximum absolute atomic E-state index is 12.3. The van der Waals surface area contributed by atoms with Crippen LogP contribution in [0.25, 0.3) is 11.3 Å². The molecule has 1 aromatic carbocycles. The predicted octanol–water partition coefficient (Wildman–Crippen LogP) is 2.91. The summed E-state index contributed by atoms with van der Waals surface area (Å²) in [5.41, 5.74) is 1.68. The Hall–Kier alpha value is -2.67. The second kappa shape index (κ2) is 6.21. The molecular weight excluding hydrogens is 318 g/mol. The Labute approximate surface area is 137 Å². The number of benzene rings is 1. The van der Waals surface area contributed by atoms with Gasteiger partial charge in [0.25, 0.3) is 5.91 Å². The molecule has 0 saturated heterocycles. The van der Waals surface area contributed by atoms with Gasteiger partial charge in [0.1, 0.15) is 5.69 Å². The van der Waals surface area contributed by atoms with Crippen LogP contribution in [0.3, 0.4) is 0 Å². The number of hydrogen-bond donors (Lipinski definition) is 2. The number of carbonyl (C=O) groups is 1. The molecule has 7 nitrogen and oxygen atoms in total. The molecule has 3 aromatic rings. The SMILES string of the molecule is Cc1nc(C(C)NC(=O)c2cc(-c3ccccc3Cl)n[nH]2)no1. The van der Waals surface area contributed by atoms with Crippen LogP contribution in [-0.4, -0.2) is 26.2 Å². The van der Waals surface area contributed by atoms with Crippen molar-refractivity contribution >= 4 is 17.5 Å². The standard InChI is InChI=1S/C15H14ClN5O2/c1-8(14-18-9(2)23-21-14)17-15(22)13-7-12(19-20-13)10-5-3-4-6-11(10)16/h3-8H,1-2H3,(H,17,22)(H,19,20). The minimum absolute atomic E-state index is 0.314. The highest BCUT2D eigenvalue weighted by Crippen LogP contribution is 2.26. The molecule has 0 spiro atoms. The fourth-order valence-electron chi connectivity index (χ4n) is 2.07. The van der Waals surface area contributed by atoms with Gasteiger partial charge in [-0.1, -0.05) is 35.0 Å². The smallest absolute Gasteiger partial charge is 0.269 e. The summed E-state index contributed by atoms with van der Waals surface area (Å²) >= 11 is 6.13. The third kappa shape index (κ3) is 3.24. The Morgan fingerprint density at radius 3 is 2.87 bits per heavy atom. The fraction of sp³-hybridized carbons (Fsp3) is 0.200. The number of aryl methyl sites for hydroxylation is 1. The molecule has 2 heterocycles. The molecule has 1 atom stereocenters. The molecule has 0 aliphatic heterocycles. The summed E-state index contributed by atoms with van der Waals surface area (Å²) in [5, 5.41) is 14.0. The molecule has 2 aromatic heterocycles. The Balaban J connectivity index is 1.75. The van der Waals surface area contributed by atoms with Crippen LogP contribution in [0.2, 0.25) is 5.02 Å². The zero-order chi connectivity index (χ0) is 16.4. The lowest BCUT2D eigenvalue weighted by Gasteiger charge is -2.08. The van der Waals surface area contributed by atoms with E-state index in [1.807, 2.05) is 18.2 Å². The van der Waals surface area contributed by atoms with E-state index < -0.39 is 0 Å². The van der Waals surface area contributed by atoms with E-state index in [2.05, 4.69) is 25.7 Å². The number of nitrogens with one attached hydrogen (secondary N) is 2. The number of carbonyl (C=O) groups excluding carboxylic acids is 1. The molecule has 118 valence electrons. The molecule has 0 fully saturated rings. The summed E-state index contributed by atoms with van der Waals surface area (Å²) in [6.45, 7) is 3.46. The second-order valence-electron chi connectivity index (χ2n) is 5.01. The first-order valence-corrected chi connectivity index (χ1v) is 7.34. The lowest BCUT2D eigenvalue weighted by Crippen LogP contribution is -2.27. The Kier molecular flexibility index (Phi) is 4.12. The molecule has 3 rings (SSSR count). The summed E-state index contributed by atoms with van der Waals surface area (Å²) in [4.78, 5) is 16.3. The molecule has 0 bridgehead atoms. The molecule has 2 N–H and O–H groups in total. The van der Waals surface area contributed by atoms with Crippen molar-refractivity contribution in [2.24, 2.45) is 0 Å². The van der Waals surface area contributed by atoms with Crippen molar-refractivity contribution in [2.45, 2.75) is 19.9 Å². The zero-order valence-corrected chi connectivity index (χ0v) is 13.3. The van der Waals surface area contributed by atoms with Crippen molar-refractivity contribution in [3.63, 3.8) is 0 Å². The first-order valence-electron chi connectivity index (χ1n) is 6.96. The van der Waals surface area contributed by atoms with Crippen molar-refractivity contribution in [1.82, 2.24) is 25.7 Å². The van der Waals surface area contributed by atoms with Gasteiger partial charge in [-0.15, -0.1) is 0 Å². The molecule has 0 aliphatic carbocycles. The third-order valence-electron chi connectivity index (χ3n) is 3.25.